The van der Waals surface area contributed by atoms with Gasteiger partial charge in [-0.25, -0.2) is 4.79 Å². The molecule has 0 aliphatic carbocycles. The Bertz CT molecular complexity index is 1340. The molecule has 0 saturated carbocycles. The molecule has 0 fully saturated rings. The molecule has 2 rings (SSSR count). The van der Waals surface area contributed by atoms with Crippen LogP contribution >= 0.6 is 0 Å². The zero-order chi connectivity index (χ0) is 34.0. The number of ether oxygens (including phenoxy) is 3. The van der Waals surface area contributed by atoms with Crippen molar-refractivity contribution in [2.75, 3.05) is 23.0 Å². The van der Waals surface area contributed by atoms with Crippen LogP contribution in [-0.2, 0) is 38.2 Å². The Kier molecular flexibility index (Phi) is 12.9. The van der Waals surface area contributed by atoms with Crippen molar-refractivity contribution >= 4 is 53.3 Å². The molecule has 0 spiro atoms. The van der Waals surface area contributed by atoms with Crippen LogP contribution in [0.2, 0.25) is 0 Å². The number of esters is 3. The topological polar surface area (TPSA) is 336 Å². The van der Waals surface area contributed by atoms with Gasteiger partial charge in [-0.05, 0) is 26.2 Å². The summed E-state index contributed by atoms with van der Waals surface area (Å²) >= 11 is 0. The molecule has 0 bridgehead atoms. The minimum atomic E-state index is -1.46. The summed E-state index contributed by atoms with van der Waals surface area (Å²) in [5, 5.41) is 29.5. The van der Waals surface area contributed by atoms with Gasteiger partial charge < -0.3 is 62.7 Å². The van der Waals surface area contributed by atoms with Crippen molar-refractivity contribution in [2.24, 2.45) is 17.2 Å². The number of likely N-dealkylation sites (N-methyl/N-ethyl adjacent to an activating group) is 1. The van der Waals surface area contributed by atoms with Crippen LogP contribution < -0.4 is 37.9 Å². The summed E-state index contributed by atoms with van der Waals surface area (Å²) in [5.74, 6) is -7.36. The smallest absolute Gasteiger partial charge is 0.329 e. The molecular formula is C25H36N8O12. The molecule has 1 aliphatic heterocycles. The Morgan fingerprint density at radius 3 is 1.78 bits per heavy atom. The van der Waals surface area contributed by atoms with Crippen LogP contribution in [-0.4, -0.2) is 98.5 Å². The van der Waals surface area contributed by atoms with Gasteiger partial charge in [-0.2, -0.15) is 9.97 Å². The molecule has 1 aliphatic rings. The van der Waals surface area contributed by atoms with Crippen molar-refractivity contribution in [2.45, 2.75) is 75.8 Å². The van der Waals surface area contributed by atoms with Crippen LogP contribution in [0.3, 0.4) is 0 Å². The van der Waals surface area contributed by atoms with E-state index in [0.29, 0.717) is 0 Å². The number of fused-ring (bicyclic) bond motifs is 1. The van der Waals surface area contributed by atoms with Gasteiger partial charge in [0.05, 0.1) is 5.70 Å². The molecular weight excluding hydrogens is 604 g/mol. The first-order chi connectivity index (χ1) is 21.0. The van der Waals surface area contributed by atoms with Gasteiger partial charge in [-0.1, -0.05) is 0 Å². The van der Waals surface area contributed by atoms with E-state index in [2.05, 4.69) is 15.3 Å². The fourth-order valence-electron chi connectivity index (χ4n) is 3.87. The number of carboxylic acid groups (broad SMARTS) is 3. The Labute approximate surface area is 255 Å². The maximum absolute atomic E-state index is 12.9. The molecule has 2 heterocycles. The van der Waals surface area contributed by atoms with Gasteiger partial charge in [0.25, 0.3) is 5.88 Å². The lowest BCUT2D eigenvalue weighted by atomic mass is 10.1. The zero-order valence-corrected chi connectivity index (χ0v) is 24.4. The van der Waals surface area contributed by atoms with Crippen molar-refractivity contribution < 1.29 is 58.3 Å². The third kappa shape index (κ3) is 10.5. The molecule has 0 aromatic carbocycles. The number of aliphatic carboxylic acids is 3. The van der Waals surface area contributed by atoms with Crippen LogP contribution in [0, 0.1) is 0 Å². The monoisotopic (exact) mass is 640 g/mol. The molecule has 0 amide bonds. The van der Waals surface area contributed by atoms with E-state index < -0.39 is 91.3 Å². The van der Waals surface area contributed by atoms with E-state index >= 15 is 0 Å². The Morgan fingerprint density at radius 2 is 1.29 bits per heavy atom. The Balaban J connectivity index is 2.42. The second-order valence-electron chi connectivity index (χ2n) is 9.89. The molecule has 2 unspecified atom stereocenters. The van der Waals surface area contributed by atoms with Gasteiger partial charge in [-0.15, -0.1) is 0 Å². The van der Waals surface area contributed by atoms with E-state index in [4.69, 9.17) is 52.5 Å². The first-order valence-corrected chi connectivity index (χ1v) is 13.4. The normalized spacial score (nSPS) is 15.6. The predicted molar refractivity (Wildman–Crippen MR) is 152 cm³/mol. The molecule has 0 saturated heterocycles. The van der Waals surface area contributed by atoms with Crippen molar-refractivity contribution in [3.8, 4) is 5.88 Å². The number of carboxylic acids is 3. The quantitative estimate of drug-likeness (QED) is 0.0860. The number of carbonyl (C=O) groups excluding carboxylic acids is 3. The summed E-state index contributed by atoms with van der Waals surface area (Å²) in [7, 11) is 1.42. The minimum Gasteiger partial charge on any atom is -0.481 e. The number of rotatable bonds is 17. The van der Waals surface area contributed by atoms with Crippen LogP contribution in [0.15, 0.2) is 11.9 Å². The van der Waals surface area contributed by atoms with Crippen LogP contribution in [0.25, 0.3) is 0 Å². The lowest BCUT2D eigenvalue weighted by Gasteiger charge is -2.36. The largest absolute Gasteiger partial charge is 0.481 e. The van der Waals surface area contributed by atoms with Gasteiger partial charge in [0.2, 0.25) is 5.95 Å². The molecule has 12 N–H and O–H groups in total. The number of nitrogens with zero attached hydrogens (tertiary/aromatic N) is 3. The molecule has 1 aromatic heterocycles. The molecule has 248 valence electrons. The average Bonchev–Trinajstić information content (AvgIpc) is 2.95. The van der Waals surface area contributed by atoms with Crippen molar-refractivity contribution in [1.82, 2.24) is 9.97 Å². The van der Waals surface area contributed by atoms with E-state index in [1.165, 1.54) is 25.1 Å². The van der Waals surface area contributed by atoms with Crippen molar-refractivity contribution in [1.29, 1.82) is 0 Å². The minimum absolute atomic E-state index is 0.0200. The van der Waals surface area contributed by atoms with E-state index in [1.807, 2.05) is 0 Å². The third-order valence-electron chi connectivity index (χ3n) is 6.32. The maximum atomic E-state index is 12.9. The first kappa shape index (κ1) is 36.1. The maximum Gasteiger partial charge on any atom is 0.329 e. The highest BCUT2D eigenvalue weighted by atomic mass is 16.6. The van der Waals surface area contributed by atoms with Gasteiger partial charge in [0.15, 0.2) is 11.9 Å². The van der Waals surface area contributed by atoms with E-state index in [1.54, 1.807) is 0 Å². The molecule has 20 heteroatoms. The fraction of sp³-hybridized carbons (Fsp3) is 0.520. The predicted octanol–water partition coefficient (Wildman–Crippen LogP) is -1.91. The Hall–Kier alpha value is -5.08. The van der Waals surface area contributed by atoms with E-state index in [9.17, 15) is 28.8 Å². The standard InChI is InChI=1S/C25H36N8O12/c1-10(43-22(40)11(26)3-6-15(34)35)19(44-23(41)12(27)4-7-16(36)37)14-9-30-20-18(33(14)2)21(32-25(29)31-20)45-24(42)13(28)5-8-17(38)39/h9-13,19H,3-8,26-28H2,1-2H3,(H,34,35)(H,36,37)(H,38,39)(H3,29,30,31,32)/t10?,11-,12-,13-,19?/m0/s1. The number of nitrogen functional groups attached to an aromatic ring is 1. The van der Waals surface area contributed by atoms with Gasteiger partial charge in [0, 0.05) is 32.5 Å². The van der Waals surface area contributed by atoms with Gasteiger partial charge in [0.1, 0.15) is 29.9 Å². The lowest BCUT2D eigenvalue weighted by Crippen LogP contribution is -2.46. The highest BCUT2D eigenvalue weighted by Gasteiger charge is 2.38. The highest BCUT2D eigenvalue weighted by molar-refractivity contribution is 5.85. The number of nitrogens with two attached hydrogens (primary N) is 4. The number of carbonyl (C=O) groups is 6. The SMILES string of the molecule is CC(OC(=O)[C@@H](N)CCC(=O)O)C(OC(=O)[C@@H](N)CCC(=O)O)C1=CNc2nc(N)nc(OC(=O)[C@@H](N)CCC(=O)O)c2N1C. The summed E-state index contributed by atoms with van der Waals surface area (Å²) in [6.45, 7) is 1.34. The molecule has 1 aromatic rings. The van der Waals surface area contributed by atoms with Crippen LogP contribution in [0.1, 0.15) is 45.4 Å². The van der Waals surface area contributed by atoms with Crippen molar-refractivity contribution in [3.63, 3.8) is 0 Å². The number of hydrogen-bond donors (Lipinski definition) is 8. The number of anilines is 3. The van der Waals surface area contributed by atoms with Crippen LogP contribution in [0.4, 0.5) is 17.5 Å². The average molecular weight is 641 g/mol. The second kappa shape index (κ2) is 16.1. The lowest BCUT2D eigenvalue weighted by molar-refractivity contribution is -0.166. The second-order valence-corrected chi connectivity index (χ2v) is 9.89. The van der Waals surface area contributed by atoms with E-state index in [0.717, 1.165) is 0 Å². The van der Waals surface area contributed by atoms with Crippen LogP contribution in [0.5, 0.6) is 5.88 Å². The highest BCUT2D eigenvalue weighted by Crippen LogP contribution is 2.40. The molecule has 0 radical (unpaired) electrons. The number of nitrogens with one attached hydrogen (secondary N) is 1. The van der Waals surface area contributed by atoms with Gasteiger partial charge >= 0.3 is 35.8 Å². The first-order valence-electron chi connectivity index (χ1n) is 13.4. The molecule has 20 nitrogen and oxygen atoms in total. The van der Waals surface area contributed by atoms with Gasteiger partial charge in [-0.3, -0.25) is 24.0 Å². The summed E-state index contributed by atoms with van der Waals surface area (Å²) in [6.07, 6.45) is -3.50. The third-order valence-corrected chi connectivity index (χ3v) is 6.32. The Morgan fingerprint density at radius 1 is 0.822 bits per heavy atom. The number of aromatic nitrogens is 2. The van der Waals surface area contributed by atoms with E-state index in [-0.39, 0.29) is 42.4 Å². The summed E-state index contributed by atoms with van der Waals surface area (Å²) in [5.41, 5.74) is 23.2. The fourth-order valence-corrected chi connectivity index (χ4v) is 3.87. The molecule has 5 atom stereocenters. The molecule has 45 heavy (non-hydrogen) atoms. The summed E-state index contributed by atoms with van der Waals surface area (Å²) < 4.78 is 16.3. The van der Waals surface area contributed by atoms with Crippen molar-refractivity contribution in [3.05, 3.63) is 11.9 Å². The summed E-state index contributed by atoms with van der Waals surface area (Å²) in [4.78, 5) is 80.2. The zero-order valence-electron chi connectivity index (χ0n) is 24.4. The summed E-state index contributed by atoms with van der Waals surface area (Å²) in [6, 6.07) is -4.05. The number of hydrogen-bond acceptors (Lipinski definition) is 17.